The number of unbranched alkanes of at least 4 members (excludes halogenated alkanes) is 39. The fourth-order valence-corrected chi connectivity index (χ4v) is 12.9. The second-order valence-electron chi connectivity index (χ2n) is 28.0. The molecule has 0 aliphatic heterocycles. The molecule has 4 unspecified atom stereocenters. The highest BCUT2D eigenvalue weighted by Crippen LogP contribution is 2.45. The van der Waals surface area contributed by atoms with Crippen LogP contribution in [-0.2, 0) is 65.4 Å². The van der Waals surface area contributed by atoms with Crippen LogP contribution in [0, 0.1) is 17.8 Å². The highest BCUT2D eigenvalue weighted by Gasteiger charge is 2.30. The Balaban J connectivity index is 5.17. The minimum atomic E-state index is -4.96. The minimum absolute atomic E-state index is 0.106. The number of ether oxygens (including phenoxy) is 4. The van der Waals surface area contributed by atoms with Crippen LogP contribution in [0.2, 0.25) is 0 Å². The van der Waals surface area contributed by atoms with Gasteiger partial charge in [-0.3, -0.25) is 37.3 Å². The molecule has 3 N–H and O–H groups in total. The van der Waals surface area contributed by atoms with E-state index in [9.17, 15) is 43.2 Å². The molecule has 0 aromatic rings. The first-order valence-corrected chi connectivity index (χ1v) is 41.9. The molecule has 0 rings (SSSR count). The maximum Gasteiger partial charge on any atom is 0.472 e. The summed E-state index contributed by atoms with van der Waals surface area (Å²) in [5, 5.41) is 10.6. The monoisotopic (exact) mass is 1380 g/mol. The van der Waals surface area contributed by atoms with E-state index < -0.39 is 97.5 Å². The van der Waals surface area contributed by atoms with E-state index in [2.05, 4.69) is 48.5 Å². The number of rotatable bonds is 73. The van der Waals surface area contributed by atoms with Crippen LogP contribution in [0.5, 0.6) is 0 Å². The molecule has 0 spiro atoms. The highest BCUT2D eigenvalue weighted by molar-refractivity contribution is 7.47. The third-order valence-corrected chi connectivity index (χ3v) is 20.0. The molecule has 17 nitrogen and oxygen atoms in total. The fourth-order valence-electron chi connectivity index (χ4n) is 11.4. The van der Waals surface area contributed by atoms with E-state index in [4.69, 9.17) is 37.0 Å². The van der Waals surface area contributed by atoms with Crippen molar-refractivity contribution < 1.29 is 80.2 Å². The van der Waals surface area contributed by atoms with Crippen molar-refractivity contribution in [1.29, 1.82) is 0 Å². The molecule has 0 saturated heterocycles. The molecule has 0 aliphatic carbocycles. The fraction of sp³-hybridized carbons (Fsp3) is 0.947. The summed E-state index contributed by atoms with van der Waals surface area (Å²) in [5.41, 5.74) is 0. The number of carbonyl (C=O) groups is 4. The summed E-state index contributed by atoms with van der Waals surface area (Å²) in [5.74, 6) is 0.206. The summed E-state index contributed by atoms with van der Waals surface area (Å²) in [4.78, 5) is 72.6. The van der Waals surface area contributed by atoms with Crippen LogP contribution in [0.4, 0.5) is 0 Å². The van der Waals surface area contributed by atoms with Crippen molar-refractivity contribution >= 4 is 39.5 Å². The van der Waals surface area contributed by atoms with Gasteiger partial charge in [-0.1, -0.05) is 331 Å². The van der Waals surface area contributed by atoms with Gasteiger partial charge in [0, 0.05) is 25.7 Å². The Hall–Kier alpha value is -1.94. The zero-order valence-corrected chi connectivity index (χ0v) is 63.2. The van der Waals surface area contributed by atoms with Gasteiger partial charge in [-0.25, -0.2) is 9.13 Å². The van der Waals surface area contributed by atoms with Crippen molar-refractivity contribution in [3.63, 3.8) is 0 Å². The van der Waals surface area contributed by atoms with Crippen LogP contribution in [0.25, 0.3) is 0 Å². The third kappa shape index (κ3) is 66.0. The molecule has 94 heavy (non-hydrogen) atoms. The molecule has 0 bridgehead atoms. The maximum absolute atomic E-state index is 13.1. The Bertz CT molecular complexity index is 1840. The van der Waals surface area contributed by atoms with Gasteiger partial charge in [0.2, 0.25) is 0 Å². The predicted octanol–water partition coefficient (Wildman–Crippen LogP) is 21.8. The van der Waals surface area contributed by atoms with E-state index in [0.717, 1.165) is 108 Å². The molecule has 0 fully saturated rings. The molecule has 0 aromatic heterocycles. The molecule has 0 heterocycles. The summed E-state index contributed by atoms with van der Waals surface area (Å²) in [7, 11) is -9.91. The molecule has 558 valence electrons. The highest BCUT2D eigenvalue weighted by atomic mass is 31.2. The first-order valence-electron chi connectivity index (χ1n) is 38.9. The average molecular weight is 1380 g/mol. The summed E-state index contributed by atoms with van der Waals surface area (Å²) in [6.45, 7) is 11.9. The SMILES string of the molecule is CCCCCCCCCCCCCC(=O)O[C@H](COC(=O)CCCCCCCCC(C)C)COP(=O)(O)OC[C@H](O)COP(=O)(O)OC[C@@H](COC(=O)CCCCCCCCCCC(C)CC)OC(=O)CCCCCCCCCCCCCCCCCCCCC(C)CC. The smallest absolute Gasteiger partial charge is 0.462 e. The second-order valence-corrected chi connectivity index (χ2v) is 30.9. The third-order valence-electron chi connectivity index (χ3n) is 18.1. The summed E-state index contributed by atoms with van der Waals surface area (Å²) in [6.07, 6.45) is 51.5. The van der Waals surface area contributed by atoms with Gasteiger partial charge in [0.1, 0.15) is 19.3 Å². The molecule has 7 atom stereocenters. The molecule has 19 heteroatoms. The van der Waals surface area contributed by atoms with Crippen LogP contribution in [0.1, 0.15) is 382 Å². The molecule has 0 aromatic carbocycles. The number of phosphoric acid groups is 2. The summed E-state index contributed by atoms with van der Waals surface area (Å²) >= 11 is 0. The van der Waals surface area contributed by atoms with Crippen molar-refractivity contribution in [1.82, 2.24) is 0 Å². The Labute approximate surface area is 575 Å². The first kappa shape index (κ1) is 92.1. The maximum atomic E-state index is 13.1. The van der Waals surface area contributed by atoms with E-state index in [1.807, 2.05) is 0 Å². The second kappa shape index (κ2) is 65.7. The Morgan fingerprint density at radius 2 is 0.543 bits per heavy atom. The van der Waals surface area contributed by atoms with Crippen molar-refractivity contribution in [3.8, 4) is 0 Å². The Morgan fingerprint density at radius 1 is 0.309 bits per heavy atom. The topological polar surface area (TPSA) is 237 Å². The lowest BCUT2D eigenvalue weighted by Gasteiger charge is -2.21. The lowest BCUT2D eigenvalue weighted by atomic mass is 9.99. The average Bonchev–Trinajstić information content (AvgIpc) is 1.82. The number of hydrogen-bond acceptors (Lipinski definition) is 15. The van der Waals surface area contributed by atoms with Gasteiger partial charge >= 0.3 is 39.5 Å². The van der Waals surface area contributed by atoms with Crippen LogP contribution in [0.3, 0.4) is 0 Å². The Kier molecular flexibility index (Phi) is 64.3. The predicted molar refractivity (Wildman–Crippen MR) is 381 cm³/mol. The van der Waals surface area contributed by atoms with Gasteiger partial charge in [0.05, 0.1) is 26.4 Å². The van der Waals surface area contributed by atoms with Crippen LogP contribution in [0.15, 0.2) is 0 Å². The standard InChI is InChI=1S/C75H146O17P2/c1-8-11-12-13-14-15-24-28-35-44-51-58-74(79)92-71(63-86-73(78)57-50-43-38-37-39-46-53-66(4)5)65-90-94(83,84)88-61-69(76)60-87-93(81,82)89-64-70(62-85-72(77)56-49-42-34-31-30-33-41-48-55-68(7)10-3)91-75(80)59-52-45-36-29-26-23-21-19-17-16-18-20-22-25-27-32-40-47-54-67(6)9-2/h66-71,76H,8-65H2,1-7H3,(H,81,82)(H,83,84)/t67?,68?,69-,70-,71-/m1/s1. The molecule has 0 aliphatic rings. The quantitative estimate of drug-likeness (QED) is 0.0222. The zero-order chi connectivity index (χ0) is 69.4. The number of phosphoric ester groups is 2. The lowest BCUT2D eigenvalue weighted by molar-refractivity contribution is -0.161. The van der Waals surface area contributed by atoms with Crippen LogP contribution in [-0.4, -0.2) is 96.7 Å². The van der Waals surface area contributed by atoms with Gasteiger partial charge in [-0.15, -0.1) is 0 Å². The minimum Gasteiger partial charge on any atom is -0.462 e. The lowest BCUT2D eigenvalue weighted by Crippen LogP contribution is -2.30. The zero-order valence-electron chi connectivity index (χ0n) is 61.4. The Morgan fingerprint density at radius 3 is 0.809 bits per heavy atom. The number of esters is 4. The van der Waals surface area contributed by atoms with Crippen molar-refractivity contribution in [2.75, 3.05) is 39.6 Å². The molecular weight excluding hydrogens is 1230 g/mol. The van der Waals surface area contributed by atoms with E-state index in [1.54, 1.807) is 0 Å². The number of aliphatic hydroxyl groups excluding tert-OH is 1. The van der Waals surface area contributed by atoms with Gasteiger partial charge in [-0.05, 0) is 43.4 Å². The summed E-state index contributed by atoms with van der Waals surface area (Å²) < 4.78 is 68.4. The van der Waals surface area contributed by atoms with Gasteiger partial charge in [0.25, 0.3) is 0 Å². The van der Waals surface area contributed by atoms with Crippen molar-refractivity contribution in [3.05, 3.63) is 0 Å². The van der Waals surface area contributed by atoms with Crippen LogP contribution < -0.4 is 0 Å². The normalized spacial score (nSPS) is 14.7. The first-order chi connectivity index (χ1) is 45.3. The molecule has 0 radical (unpaired) electrons. The number of carbonyl (C=O) groups excluding carboxylic acids is 4. The van der Waals surface area contributed by atoms with E-state index in [1.165, 1.54) is 186 Å². The molecule has 0 saturated carbocycles. The van der Waals surface area contributed by atoms with Gasteiger partial charge in [-0.2, -0.15) is 0 Å². The van der Waals surface area contributed by atoms with Gasteiger partial charge in [0.15, 0.2) is 12.2 Å². The van der Waals surface area contributed by atoms with E-state index in [-0.39, 0.29) is 25.7 Å². The summed E-state index contributed by atoms with van der Waals surface area (Å²) in [6, 6.07) is 0. The van der Waals surface area contributed by atoms with Crippen LogP contribution >= 0.6 is 15.6 Å². The van der Waals surface area contributed by atoms with Crippen molar-refractivity contribution in [2.24, 2.45) is 17.8 Å². The van der Waals surface area contributed by atoms with Crippen molar-refractivity contribution in [2.45, 2.75) is 401 Å². The number of aliphatic hydroxyl groups is 1. The van der Waals surface area contributed by atoms with E-state index in [0.29, 0.717) is 31.6 Å². The molecule has 0 amide bonds. The largest absolute Gasteiger partial charge is 0.472 e. The number of hydrogen-bond donors (Lipinski definition) is 3. The van der Waals surface area contributed by atoms with E-state index >= 15 is 0 Å². The van der Waals surface area contributed by atoms with Gasteiger partial charge < -0.3 is 33.8 Å². The molecular formula is C75H146O17P2.